The van der Waals surface area contributed by atoms with Crippen molar-refractivity contribution in [1.82, 2.24) is 15.3 Å². The summed E-state index contributed by atoms with van der Waals surface area (Å²) in [6.07, 6.45) is 1.03. The number of hydrogen-bond acceptors (Lipinski definition) is 6. The van der Waals surface area contributed by atoms with Crippen molar-refractivity contribution in [2.45, 2.75) is 12.3 Å². The number of nitrogen functional groups attached to an aromatic ring is 1. The van der Waals surface area contributed by atoms with Crippen LogP contribution in [0.4, 0.5) is 11.8 Å². The summed E-state index contributed by atoms with van der Waals surface area (Å²) in [5.41, 5.74) is 6.85. The van der Waals surface area contributed by atoms with Gasteiger partial charge in [-0.1, -0.05) is 0 Å². The van der Waals surface area contributed by atoms with Crippen molar-refractivity contribution in [1.29, 1.82) is 0 Å². The van der Waals surface area contributed by atoms with Gasteiger partial charge in [0.1, 0.15) is 5.82 Å². The van der Waals surface area contributed by atoms with Gasteiger partial charge in [-0.2, -0.15) is 4.98 Å². The number of nitrogens with one attached hydrogen (secondary N) is 1. The number of hydrogen-bond donors (Lipinski definition) is 2. The number of rotatable bonds is 2. The highest BCUT2D eigenvalue weighted by atomic mass is 16.5. The molecule has 3 N–H and O–H groups in total. The fraction of sp³-hybridized carbons (Fsp3) is 0.667. The zero-order valence-electron chi connectivity index (χ0n) is 10.4. The van der Waals surface area contributed by atoms with Crippen LogP contribution in [-0.4, -0.2) is 49.4 Å². The molecule has 1 atom stereocenters. The number of piperazine rings is 1. The Labute approximate surface area is 107 Å². The number of nitrogens with two attached hydrogens (primary N) is 1. The molecule has 1 aromatic heterocycles. The average molecular weight is 249 g/mol. The zero-order valence-corrected chi connectivity index (χ0v) is 10.4. The Morgan fingerprint density at radius 3 is 2.89 bits per heavy atom. The first kappa shape index (κ1) is 11.7. The molecule has 3 heterocycles. The lowest BCUT2D eigenvalue weighted by Crippen LogP contribution is -2.44. The van der Waals surface area contributed by atoms with Gasteiger partial charge in [-0.25, -0.2) is 4.98 Å². The molecule has 0 amide bonds. The van der Waals surface area contributed by atoms with Crippen LogP contribution < -0.4 is 16.0 Å². The first-order valence-electron chi connectivity index (χ1n) is 6.51. The van der Waals surface area contributed by atoms with Crippen LogP contribution >= 0.6 is 0 Å². The minimum atomic E-state index is 0.368. The number of anilines is 2. The third-order valence-corrected chi connectivity index (χ3v) is 3.54. The molecule has 2 saturated heterocycles. The lowest BCUT2D eigenvalue weighted by atomic mass is 10.0. The SMILES string of the molecule is Nc1nc(C2CCOC2)cc(N2CCNCC2)n1. The Balaban J connectivity index is 1.84. The summed E-state index contributed by atoms with van der Waals surface area (Å²) in [6.45, 7) is 5.49. The molecule has 98 valence electrons. The van der Waals surface area contributed by atoms with E-state index in [0.29, 0.717) is 11.9 Å². The molecular weight excluding hydrogens is 230 g/mol. The molecule has 3 rings (SSSR count). The van der Waals surface area contributed by atoms with Crippen molar-refractivity contribution in [2.24, 2.45) is 0 Å². The predicted octanol–water partition coefficient (Wildman–Crippen LogP) is -0.0277. The maximum atomic E-state index is 5.83. The quantitative estimate of drug-likeness (QED) is 0.766. The van der Waals surface area contributed by atoms with Gasteiger partial charge in [-0.05, 0) is 6.42 Å². The third-order valence-electron chi connectivity index (χ3n) is 3.54. The van der Waals surface area contributed by atoms with Crippen LogP contribution in [0.15, 0.2) is 6.07 Å². The van der Waals surface area contributed by atoms with E-state index < -0.39 is 0 Å². The van der Waals surface area contributed by atoms with Crippen molar-refractivity contribution < 1.29 is 4.74 Å². The summed E-state index contributed by atoms with van der Waals surface area (Å²) in [4.78, 5) is 11.0. The van der Waals surface area contributed by atoms with Crippen molar-refractivity contribution >= 4 is 11.8 Å². The molecule has 0 saturated carbocycles. The van der Waals surface area contributed by atoms with Gasteiger partial charge in [0.2, 0.25) is 5.95 Å². The van der Waals surface area contributed by atoms with Gasteiger partial charge in [-0.15, -0.1) is 0 Å². The molecule has 0 aromatic carbocycles. The van der Waals surface area contributed by atoms with E-state index >= 15 is 0 Å². The van der Waals surface area contributed by atoms with Crippen molar-refractivity contribution in [2.75, 3.05) is 50.0 Å². The van der Waals surface area contributed by atoms with Gasteiger partial charge in [0.25, 0.3) is 0 Å². The maximum Gasteiger partial charge on any atom is 0.222 e. The molecule has 18 heavy (non-hydrogen) atoms. The number of aromatic nitrogens is 2. The van der Waals surface area contributed by atoms with Gasteiger partial charge in [0.05, 0.1) is 12.3 Å². The molecule has 0 bridgehead atoms. The topological polar surface area (TPSA) is 76.3 Å². The van der Waals surface area contributed by atoms with Crippen molar-refractivity contribution in [3.05, 3.63) is 11.8 Å². The monoisotopic (exact) mass is 249 g/mol. The number of nitrogens with zero attached hydrogens (tertiary/aromatic N) is 3. The van der Waals surface area contributed by atoms with E-state index in [-0.39, 0.29) is 0 Å². The summed E-state index contributed by atoms with van der Waals surface area (Å²) < 4.78 is 5.41. The minimum absolute atomic E-state index is 0.368. The van der Waals surface area contributed by atoms with Gasteiger partial charge in [0, 0.05) is 44.8 Å². The van der Waals surface area contributed by atoms with Crippen LogP contribution in [-0.2, 0) is 4.74 Å². The van der Waals surface area contributed by atoms with E-state index in [0.717, 1.165) is 57.3 Å². The predicted molar refractivity (Wildman–Crippen MR) is 69.7 cm³/mol. The normalized spacial score (nSPS) is 24.4. The highest BCUT2D eigenvalue weighted by molar-refractivity contribution is 5.44. The van der Waals surface area contributed by atoms with E-state index in [4.69, 9.17) is 10.5 Å². The van der Waals surface area contributed by atoms with Crippen LogP contribution in [0.1, 0.15) is 18.0 Å². The van der Waals surface area contributed by atoms with E-state index in [1.54, 1.807) is 0 Å². The molecule has 2 aliphatic heterocycles. The first-order chi connectivity index (χ1) is 8.83. The zero-order chi connectivity index (χ0) is 12.4. The van der Waals surface area contributed by atoms with Crippen LogP contribution in [0.25, 0.3) is 0 Å². The molecule has 6 nitrogen and oxygen atoms in total. The maximum absolute atomic E-state index is 5.83. The Morgan fingerprint density at radius 1 is 1.33 bits per heavy atom. The smallest absolute Gasteiger partial charge is 0.222 e. The fourth-order valence-corrected chi connectivity index (χ4v) is 2.50. The van der Waals surface area contributed by atoms with Crippen LogP contribution in [0.5, 0.6) is 0 Å². The van der Waals surface area contributed by atoms with E-state index in [1.165, 1.54) is 0 Å². The van der Waals surface area contributed by atoms with E-state index in [1.807, 2.05) is 0 Å². The standard InChI is InChI=1S/C12H19N5O/c13-12-15-10(9-1-6-18-8-9)7-11(16-12)17-4-2-14-3-5-17/h7,9,14H,1-6,8H2,(H2,13,15,16). The highest BCUT2D eigenvalue weighted by Crippen LogP contribution is 2.26. The summed E-state index contributed by atoms with van der Waals surface area (Å²) in [5, 5.41) is 3.33. The molecule has 2 aliphatic rings. The van der Waals surface area contributed by atoms with Crippen LogP contribution in [0.3, 0.4) is 0 Å². The van der Waals surface area contributed by atoms with Crippen molar-refractivity contribution in [3.63, 3.8) is 0 Å². The van der Waals surface area contributed by atoms with Crippen molar-refractivity contribution in [3.8, 4) is 0 Å². The largest absolute Gasteiger partial charge is 0.381 e. The Kier molecular flexibility index (Phi) is 3.29. The number of ether oxygens (including phenoxy) is 1. The van der Waals surface area contributed by atoms with Gasteiger partial charge >= 0.3 is 0 Å². The van der Waals surface area contributed by atoms with Gasteiger partial charge in [0.15, 0.2) is 0 Å². The Morgan fingerprint density at radius 2 is 2.17 bits per heavy atom. The molecular formula is C12H19N5O. The van der Waals surface area contributed by atoms with Gasteiger partial charge in [-0.3, -0.25) is 0 Å². The Bertz CT molecular complexity index is 413. The Hall–Kier alpha value is -1.40. The second-order valence-electron chi connectivity index (χ2n) is 4.81. The van der Waals surface area contributed by atoms with E-state index in [2.05, 4.69) is 26.3 Å². The second kappa shape index (κ2) is 5.07. The summed E-state index contributed by atoms with van der Waals surface area (Å²) in [7, 11) is 0. The molecule has 2 fully saturated rings. The fourth-order valence-electron chi connectivity index (χ4n) is 2.50. The molecule has 1 aromatic rings. The molecule has 6 heteroatoms. The molecule has 0 radical (unpaired) electrons. The summed E-state index contributed by atoms with van der Waals surface area (Å²) in [5.74, 6) is 1.69. The third kappa shape index (κ3) is 2.39. The lowest BCUT2D eigenvalue weighted by molar-refractivity contribution is 0.193. The minimum Gasteiger partial charge on any atom is -0.381 e. The average Bonchev–Trinajstić information content (AvgIpc) is 2.93. The molecule has 0 aliphatic carbocycles. The molecule has 0 spiro atoms. The van der Waals surface area contributed by atoms with E-state index in [9.17, 15) is 0 Å². The van der Waals surface area contributed by atoms with Crippen LogP contribution in [0.2, 0.25) is 0 Å². The van der Waals surface area contributed by atoms with Gasteiger partial charge < -0.3 is 20.7 Å². The lowest BCUT2D eigenvalue weighted by Gasteiger charge is -2.28. The second-order valence-corrected chi connectivity index (χ2v) is 4.81. The first-order valence-corrected chi connectivity index (χ1v) is 6.51. The summed E-state index contributed by atoms with van der Waals surface area (Å²) in [6, 6.07) is 2.07. The summed E-state index contributed by atoms with van der Waals surface area (Å²) >= 11 is 0. The molecule has 1 unspecified atom stereocenters. The highest BCUT2D eigenvalue weighted by Gasteiger charge is 2.22. The van der Waals surface area contributed by atoms with Crippen LogP contribution in [0, 0.1) is 0 Å².